The van der Waals surface area contributed by atoms with E-state index < -0.39 is 6.29 Å². The van der Waals surface area contributed by atoms with Gasteiger partial charge in [0.2, 0.25) is 0 Å². The lowest BCUT2D eigenvalue weighted by atomic mass is 9.99. The second-order valence-corrected chi connectivity index (χ2v) is 7.99. The van der Waals surface area contributed by atoms with E-state index in [2.05, 4.69) is 4.90 Å². The Hall–Kier alpha value is -1.96. The van der Waals surface area contributed by atoms with Gasteiger partial charge in [-0.05, 0) is 42.6 Å². The Morgan fingerprint density at radius 3 is 2.59 bits per heavy atom. The molecular formula is C23H30N2O4. The summed E-state index contributed by atoms with van der Waals surface area (Å²) in [7, 11) is 0. The Labute approximate surface area is 171 Å². The van der Waals surface area contributed by atoms with Crippen LogP contribution in [0.2, 0.25) is 0 Å². The van der Waals surface area contributed by atoms with E-state index in [0.717, 1.165) is 49.0 Å². The summed E-state index contributed by atoms with van der Waals surface area (Å²) in [5.41, 5.74) is 9.52. The maximum Gasteiger partial charge on any atom is 0.185 e. The first kappa shape index (κ1) is 20.3. The van der Waals surface area contributed by atoms with Gasteiger partial charge in [-0.15, -0.1) is 0 Å². The van der Waals surface area contributed by atoms with Gasteiger partial charge >= 0.3 is 0 Å². The number of benzene rings is 2. The minimum atomic E-state index is -0.491. The second-order valence-electron chi connectivity index (χ2n) is 7.99. The highest BCUT2D eigenvalue weighted by atomic mass is 16.7. The van der Waals surface area contributed by atoms with Gasteiger partial charge in [-0.1, -0.05) is 36.4 Å². The predicted molar refractivity (Wildman–Crippen MR) is 111 cm³/mol. The number of aliphatic hydroxyl groups is 2. The number of nitrogens with zero attached hydrogens (tertiary/aromatic N) is 1. The summed E-state index contributed by atoms with van der Waals surface area (Å²) >= 11 is 0. The number of nitrogen functional groups attached to an aromatic ring is 1. The van der Waals surface area contributed by atoms with Crippen LogP contribution in [0.4, 0.5) is 5.69 Å². The highest BCUT2D eigenvalue weighted by Crippen LogP contribution is 2.39. The molecule has 4 rings (SSSR count). The van der Waals surface area contributed by atoms with Crippen molar-refractivity contribution in [3.05, 3.63) is 65.2 Å². The summed E-state index contributed by atoms with van der Waals surface area (Å²) in [5.74, 6) is 0. The lowest BCUT2D eigenvalue weighted by Gasteiger charge is -2.38. The maximum absolute atomic E-state index is 9.66. The van der Waals surface area contributed by atoms with Gasteiger partial charge in [0.25, 0.3) is 0 Å². The quantitative estimate of drug-likeness (QED) is 0.649. The SMILES string of the molecule is Nc1cccc([C@H]2O[C@@H](CN3CCC[C@@H]3CO)C[C@@H](c3ccc(CO)cc3)O2)c1. The second kappa shape index (κ2) is 9.24. The van der Waals surface area contributed by atoms with Crippen LogP contribution in [0.3, 0.4) is 0 Å². The molecule has 2 aliphatic rings. The molecule has 0 spiro atoms. The van der Waals surface area contributed by atoms with Crippen LogP contribution in [0.25, 0.3) is 0 Å². The summed E-state index contributed by atoms with van der Waals surface area (Å²) in [6.45, 7) is 1.98. The number of hydrogen-bond acceptors (Lipinski definition) is 6. The van der Waals surface area contributed by atoms with Crippen molar-refractivity contribution in [1.82, 2.24) is 4.90 Å². The Bertz CT molecular complexity index is 798. The average molecular weight is 399 g/mol. The lowest BCUT2D eigenvalue weighted by Crippen LogP contribution is -2.42. The standard InChI is InChI=1S/C23H30N2O4/c24-19-4-1-3-18(11-19)23-28-21(13-25-10-2-5-20(25)15-27)12-22(29-23)17-8-6-16(14-26)7-9-17/h1,3-4,6-9,11,20-23,26-27H,2,5,10,12-15,24H2/t20-,21-,22+,23+/m1/s1. The number of anilines is 1. The summed E-state index contributed by atoms with van der Waals surface area (Å²) < 4.78 is 12.7. The fourth-order valence-corrected chi connectivity index (χ4v) is 4.34. The third-order valence-electron chi connectivity index (χ3n) is 5.95. The van der Waals surface area contributed by atoms with Crippen LogP contribution in [0, 0.1) is 0 Å². The van der Waals surface area contributed by atoms with E-state index in [0.29, 0.717) is 5.69 Å². The van der Waals surface area contributed by atoms with Crippen LogP contribution >= 0.6 is 0 Å². The van der Waals surface area contributed by atoms with Crippen molar-refractivity contribution >= 4 is 5.69 Å². The fourth-order valence-electron chi connectivity index (χ4n) is 4.34. The van der Waals surface area contributed by atoms with E-state index in [-0.39, 0.29) is 31.5 Å². The molecule has 0 bridgehead atoms. The lowest BCUT2D eigenvalue weighted by molar-refractivity contribution is -0.253. The first-order chi connectivity index (χ1) is 14.2. The minimum absolute atomic E-state index is 0.00940. The Morgan fingerprint density at radius 1 is 1.03 bits per heavy atom. The number of ether oxygens (including phenoxy) is 2. The van der Waals surface area contributed by atoms with Gasteiger partial charge in [0, 0.05) is 30.3 Å². The summed E-state index contributed by atoms with van der Waals surface area (Å²) in [4.78, 5) is 2.33. The molecule has 156 valence electrons. The van der Waals surface area contributed by atoms with E-state index >= 15 is 0 Å². The van der Waals surface area contributed by atoms with Gasteiger partial charge in [-0.3, -0.25) is 4.90 Å². The monoisotopic (exact) mass is 398 g/mol. The molecule has 2 fully saturated rings. The van der Waals surface area contributed by atoms with Crippen molar-refractivity contribution in [1.29, 1.82) is 0 Å². The van der Waals surface area contributed by atoms with Gasteiger partial charge in [-0.2, -0.15) is 0 Å². The molecule has 29 heavy (non-hydrogen) atoms. The summed E-state index contributed by atoms with van der Waals surface area (Å²) in [6.07, 6.45) is 2.28. The van der Waals surface area contributed by atoms with Crippen molar-refractivity contribution in [2.75, 3.05) is 25.4 Å². The molecule has 2 saturated heterocycles. The zero-order valence-corrected chi connectivity index (χ0v) is 16.6. The molecule has 2 heterocycles. The molecule has 0 radical (unpaired) electrons. The third kappa shape index (κ3) is 4.79. The van der Waals surface area contributed by atoms with Crippen LogP contribution in [-0.2, 0) is 16.1 Å². The Balaban J connectivity index is 1.55. The van der Waals surface area contributed by atoms with Gasteiger partial charge < -0.3 is 25.4 Å². The largest absolute Gasteiger partial charge is 0.399 e. The Morgan fingerprint density at radius 2 is 1.86 bits per heavy atom. The Kier molecular flexibility index (Phi) is 6.47. The molecule has 6 nitrogen and oxygen atoms in total. The van der Waals surface area contributed by atoms with E-state index in [4.69, 9.17) is 15.2 Å². The van der Waals surface area contributed by atoms with Gasteiger partial charge in [0.15, 0.2) is 6.29 Å². The average Bonchev–Trinajstić information content (AvgIpc) is 3.20. The van der Waals surface area contributed by atoms with E-state index in [1.165, 1.54) is 0 Å². The molecule has 4 atom stereocenters. The maximum atomic E-state index is 9.66. The van der Waals surface area contributed by atoms with Crippen molar-refractivity contribution in [2.24, 2.45) is 0 Å². The highest BCUT2D eigenvalue weighted by molar-refractivity contribution is 5.41. The molecule has 0 aliphatic carbocycles. The van der Waals surface area contributed by atoms with Crippen LogP contribution in [0.5, 0.6) is 0 Å². The smallest absolute Gasteiger partial charge is 0.185 e. The molecule has 0 unspecified atom stereocenters. The number of likely N-dealkylation sites (tertiary alicyclic amines) is 1. The van der Waals surface area contributed by atoms with E-state index in [1.54, 1.807) is 0 Å². The van der Waals surface area contributed by atoms with Crippen LogP contribution in [0.15, 0.2) is 48.5 Å². The predicted octanol–water partition coefficient (Wildman–Crippen LogP) is 2.76. The zero-order valence-electron chi connectivity index (χ0n) is 16.6. The molecule has 0 saturated carbocycles. The van der Waals surface area contributed by atoms with Crippen LogP contribution in [0.1, 0.15) is 48.3 Å². The molecule has 4 N–H and O–H groups in total. The van der Waals surface area contributed by atoms with E-state index in [9.17, 15) is 10.2 Å². The summed E-state index contributed by atoms with van der Waals surface area (Å²) in [6, 6.07) is 15.7. The number of nitrogens with two attached hydrogens (primary N) is 1. The molecule has 6 heteroatoms. The van der Waals surface area contributed by atoms with Gasteiger partial charge in [0.05, 0.1) is 25.4 Å². The van der Waals surface area contributed by atoms with E-state index in [1.807, 2.05) is 48.5 Å². The summed E-state index contributed by atoms with van der Waals surface area (Å²) in [5, 5.41) is 19.0. The molecular weight excluding hydrogens is 368 g/mol. The molecule has 0 amide bonds. The number of aliphatic hydroxyl groups excluding tert-OH is 2. The highest BCUT2D eigenvalue weighted by Gasteiger charge is 2.35. The molecule has 2 aromatic carbocycles. The molecule has 0 aromatic heterocycles. The van der Waals surface area contributed by atoms with Gasteiger partial charge in [0.1, 0.15) is 0 Å². The first-order valence-corrected chi connectivity index (χ1v) is 10.4. The zero-order chi connectivity index (χ0) is 20.2. The molecule has 2 aromatic rings. The van der Waals surface area contributed by atoms with Crippen LogP contribution in [-0.4, -0.2) is 47.0 Å². The van der Waals surface area contributed by atoms with Crippen molar-refractivity contribution in [3.8, 4) is 0 Å². The van der Waals surface area contributed by atoms with Crippen molar-refractivity contribution < 1.29 is 19.7 Å². The first-order valence-electron chi connectivity index (χ1n) is 10.4. The fraction of sp³-hybridized carbons (Fsp3) is 0.478. The van der Waals surface area contributed by atoms with Gasteiger partial charge in [-0.25, -0.2) is 0 Å². The minimum Gasteiger partial charge on any atom is -0.399 e. The van der Waals surface area contributed by atoms with Crippen molar-refractivity contribution in [3.63, 3.8) is 0 Å². The third-order valence-corrected chi connectivity index (χ3v) is 5.95. The molecule has 2 aliphatic heterocycles. The number of hydrogen-bond donors (Lipinski definition) is 3. The van der Waals surface area contributed by atoms with Crippen molar-refractivity contribution in [2.45, 2.75) is 50.4 Å². The van der Waals surface area contributed by atoms with Crippen LogP contribution < -0.4 is 5.73 Å². The topological polar surface area (TPSA) is 88.2 Å². The number of rotatable bonds is 6. The normalized spacial score (nSPS) is 27.9.